The summed E-state index contributed by atoms with van der Waals surface area (Å²) in [6, 6.07) is 9.81. The van der Waals surface area contributed by atoms with Crippen LogP contribution in [0.15, 0.2) is 35.7 Å². The monoisotopic (exact) mass is 303 g/mol. The molecule has 0 aliphatic heterocycles. The predicted octanol–water partition coefficient (Wildman–Crippen LogP) is 2.34. The molecule has 0 spiro atoms. The second-order valence-corrected chi connectivity index (χ2v) is 6.04. The Labute approximate surface area is 129 Å². The molecule has 2 rings (SSSR count). The van der Waals surface area contributed by atoms with Gasteiger partial charge in [0, 0.05) is 17.6 Å². The van der Waals surface area contributed by atoms with Crippen LogP contribution in [0.4, 0.5) is 5.69 Å². The lowest BCUT2D eigenvalue weighted by atomic mass is 10.00. The molecule has 0 bridgehead atoms. The number of carbonyl (C=O) groups excluding carboxylic acids is 1. The highest BCUT2D eigenvalue weighted by Crippen LogP contribution is 2.32. The molecule has 0 saturated heterocycles. The van der Waals surface area contributed by atoms with Gasteiger partial charge in [0.05, 0.1) is 12.6 Å². The lowest BCUT2D eigenvalue weighted by Crippen LogP contribution is -2.36. The van der Waals surface area contributed by atoms with E-state index in [0.29, 0.717) is 6.42 Å². The van der Waals surface area contributed by atoms with E-state index in [0.717, 1.165) is 11.3 Å². The van der Waals surface area contributed by atoms with Crippen LogP contribution in [0.1, 0.15) is 22.0 Å². The summed E-state index contributed by atoms with van der Waals surface area (Å²) in [4.78, 5) is 14.9. The Morgan fingerprint density at radius 3 is 2.62 bits per heavy atom. The SMILES string of the molecule is Cc1ccsc1C(Cc1ccccc1N)N(C)C(=O)CN. The van der Waals surface area contributed by atoms with Crippen molar-refractivity contribution in [2.45, 2.75) is 19.4 Å². The topological polar surface area (TPSA) is 72.3 Å². The van der Waals surface area contributed by atoms with Gasteiger partial charge in [-0.15, -0.1) is 11.3 Å². The average Bonchev–Trinajstić information content (AvgIpc) is 2.91. The van der Waals surface area contributed by atoms with Gasteiger partial charge < -0.3 is 16.4 Å². The van der Waals surface area contributed by atoms with Crippen molar-refractivity contribution in [2.24, 2.45) is 5.73 Å². The first-order valence-corrected chi connectivity index (χ1v) is 7.75. The summed E-state index contributed by atoms with van der Waals surface area (Å²) in [5, 5.41) is 2.05. The molecule has 4 N–H and O–H groups in total. The van der Waals surface area contributed by atoms with Crippen molar-refractivity contribution >= 4 is 22.9 Å². The number of likely N-dealkylation sites (N-methyl/N-ethyl adjacent to an activating group) is 1. The van der Waals surface area contributed by atoms with Crippen LogP contribution >= 0.6 is 11.3 Å². The van der Waals surface area contributed by atoms with Gasteiger partial charge in [-0.05, 0) is 42.0 Å². The fourth-order valence-electron chi connectivity index (χ4n) is 2.38. The number of para-hydroxylation sites is 1. The number of amides is 1. The summed E-state index contributed by atoms with van der Waals surface area (Å²) in [7, 11) is 1.80. The van der Waals surface area contributed by atoms with Gasteiger partial charge in [0.25, 0.3) is 0 Å². The van der Waals surface area contributed by atoms with E-state index in [1.54, 1.807) is 23.3 Å². The average molecular weight is 303 g/mol. The maximum absolute atomic E-state index is 12.0. The highest BCUT2D eigenvalue weighted by Gasteiger charge is 2.24. The van der Waals surface area contributed by atoms with E-state index in [-0.39, 0.29) is 18.5 Å². The first kappa shape index (κ1) is 15.5. The van der Waals surface area contributed by atoms with Gasteiger partial charge >= 0.3 is 0 Å². The summed E-state index contributed by atoms with van der Waals surface area (Å²) >= 11 is 1.66. The third kappa shape index (κ3) is 3.43. The number of nitrogen functional groups attached to an aromatic ring is 1. The standard InChI is InChI=1S/C16H21N3OS/c1-11-7-8-21-16(11)14(19(2)15(20)10-17)9-12-5-3-4-6-13(12)18/h3-8,14H,9-10,17-18H2,1-2H3. The largest absolute Gasteiger partial charge is 0.399 e. The normalized spacial score (nSPS) is 12.1. The molecule has 0 radical (unpaired) electrons. The third-order valence-corrected chi connectivity index (χ3v) is 4.83. The second kappa shape index (κ2) is 6.74. The minimum Gasteiger partial charge on any atom is -0.399 e. The van der Waals surface area contributed by atoms with Crippen LogP contribution in [0.5, 0.6) is 0 Å². The molecule has 0 aliphatic rings. The lowest BCUT2D eigenvalue weighted by Gasteiger charge is -2.28. The van der Waals surface area contributed by atoms with Crippen LogP contribution in [-0.2, 0) is 11.2 Å². The minimum absolute atomic E-state index is 0.0156. The Morgan fingerprint density at radius 1 is 1.33 bits per heavy atom. The zero-order valence-corrected chi connectivity index (χ0v) is 13.2. The molecule has 5 heteroatoms. The molecule has 0 saturated carbocycles. The van der Waals surface area contributed by atoms with Crippen LogP contribution in [0.3, 0.4) is 0 Å². The first-order chi connectivity index (χ1) is 10.0. The number of hydrogen-bond acceptors (Lipinski definition) is 4. The molecule has 1 aromatic heterocycles. The number of carbonyl (C=O) groups is 1. The van der Waals surface area contributed by atoms with E-state index in [2.05, 4.69) is 13.0 Å². The number of anilines is 1. The van der Waals surface area contributed by atoms with Gasteiger partial charge in [-0.1, -0.05) is 18.2 Å². The third-order valence-electron chi connectivity index (χ3n) is 3.71. The molecule has 1 heterocycles. The highest BCUT2D eigenvalue weighted by atomic mass is 32.1. The molecule has 1 atom stereocenters. The molecule has 2 aromatic rings. The van der Waals surface area contributed by atoms with Crippen LogP contribution in [0.2, 0.25) is 0 Å². The molecule has 0 fully saturated rings. The molecule has 112 valence electrons. The molecule has 1 aromatic carbocycles. The molecular weight excluding hydrogens is 282 g/mol. The number of aryl methyl sites for hydroxylation is 1. The van der Waals surface area contributed by atoms with Crippen molar-refractivity contribution in [2.75, 3.05) is 19.3 Å². The molecular formula is C16H21N3OS. The van der Waals surface area contributed by atoms with E-state index in [4.69, 9.17) is 11.5 Å². The van der Waals surface area contributed by atoms with Crippen LogP contribution in [0, 0.1) is 6.92 Å². The quantitative estimate of drug-likeness (QED) is 0.833. The number of hydrogen-bond donors (Lipinski definition) is 2. The number of nitrogens with zero attached hydrogens (tertiary/aromatic N) is 1. The Morgan fingerprint density at radius 2 is 2.05 bits per heavy atom. The maximum atomic E-state index is 12.0. The summed E-state index contributed by atoms with van der Waals surface area (Å²) in [5.74, 6) is -0.0673. The smallest absolute Gasteiger partial charge is 0.236 e. The molecule has 1 amide bonds. The Bertz CT molecular complexity index is 623. The maximum Gasteiger partial charge on any atom is 0.236 e. The highest BCUT2D eigenvalue weighted by molar-refractivity contribution is 7.10. The zero-order chi connectivity index (χ0) is 15.4. The fourth-order valence-corrected chi connectivity index (χ4v) is 3.45. The number of benzene rings is 1. The van der Waals surface area contributed by atoms with Crippen molar-refractivity contribution in [1.82, 2.24) is 4.90 Å². The number of thiophene rings is 1. The van der Waals surface area contributed by atoms with Gasteiger partial charge in [0.15, 0.2) is 0 Å². The van der Waals surface area contributed by atoms with Crippen LogP contribution in [0.25, 0.3) is 0 Å². The second-order valence-electron chi connectivity index (χ2n) is 5.10. The number of rotatable bonds is 5. The van der Waals surface area contributed by atoms with Crippen molar-refractivity contribution in [3.05, 3.63) is 51.7 Å². The Balaban J connectivity index is 2.35. The van der Waals surface area contributed by atoms with E-state index < -0.39 is 0 Å². The molecule has 4 nitrogen and oxygen atoms in total. The van der Waals surface area contributed by atoms with E-state index in [9.17, 15) is 4.79 Å². The van der Waals surface area contributed by atoms with Crippen molar-refractivity contribution in [3.8, 4) is 0 Å². The van der Waals surface area contributed by atoms with Crippen molar-refractivity contribution in [1.29, 1.82) is 0 Å². The van der Waals surface area contributed by atoms with Crippen LogP contribution < -0.4 is 11.5 Å². The van der Waals surface area contributed by atoms with Gasteiger partial charge in [0.2, 0.25) is 5.91 Å². The van der Waals surface area contributed by atoms with E-state index in [1.807, 2.05) is 29.6 Å². The summed E-state index contributed by atoms with van der Waals surface area (Å²) in [6.07, 6.45) is 0.691. The molecule has 0 aliphatic carbocycles. The minimum atomic E-state index is -0.0673. The Hall–Kier alpha value is -1.85. The summed E-state index contributed by atoms with van der Waals surface area (Å²) in [6.45, 7) is 2.08. The van der Waals surface area contributed by atoms with Gasteiger partial charge in [0.1, 0.15) is 0 Å². The first-order valence-electron chi connectivity index (χ1n) is 6.87. The summed E-state index contributed by atoms with van der Waals surface area (Å²) < 4.78 is 0. The van der Waals surface area contributed by atoms with Crippen LogP contribution in [-0.4, -0.2) is 24.4 Å². The summed E-state index contributed by atoms with van der Waals surface area (Å²) in [5.41, 5.74) is 14.6. The van der Waals surface area contributed by atoms with Crippen molar-refractivity contribution in [3.63, 3.8) is 0 Å². The zero-order valence-electron chi connectivity index (χ0n) is 12.4. The van der Waals surface area contributed by atoms with Gasteiger partial charge in [-0.25, -0.2) is 0 Å². The van der Waals surface area contributed by atoms with E-state index >= 15 is 0 Å². The predicted molar refractivity (Wildman–Crippen MR) is 88.2 cm³/mol. The lowest BCUT2D eigenvalue weighted by molar-refractivity contribution is -0.130. The van der Waals surface area contributed by atoms with Gasteiger partial charge in [-0.2, -0.15) is 0 Å². The molecule has 1 unspecified atom stereocenters. The number of nitrogens with two attached hydrogens (primary N) is 2. The van der Waals surface area contributed by atoms with Crippen molar-refractivity contribution < 1.29 is 4.79 Å². The molecule has 21 heavy (non-hydrogen) atoms. The fraction of sp³-hybridized carbons (Fsp3) is 0.312. The van der Waals surface area contributed by atoms with Gasteiger partial charge in [-0.3, -0.25) is 4.79 Å². The van der Waals surface area contributed by atoms with E-state index in [1.165, 1.54) is 10.4 Å². The Kier molecular flexibility index (Phi) is 4.98.